The molecular weight excluding hydrogens is 304 g/mol. The maximum absolute atomic E-state index is 11.3. The molecule has 0 N–H and O–H groups in total. The average Bonchev–Trinajstić information content (AvgIpc) is 2.55. The predicted octanol–water partition coefficient (Wildman–Crippen LogP) is 4.25. The SMILES string of the molecule is CCC(=O)Oc1ccc(C(C)(C)c2ccc(OC(C)=O)cc2)cc1. The number of esters is 2. The van der Waals surface area contributed by atoms with Crippen LogP contribution in [0.5, 0.6) is 11.5 Å². The minimum Gasteiger partial charge on any atom is -0.427 e. The van der Waals surface area contributed by atoms with Gasteiger partial charge in [0, 0.05) is 18.8 Å². The molecule has 24 heavy (non-hydrogen) atoms. The van der Waals surface area contributed by atoms with E-state index in [1.54, 1.807) is 31.2 Å². The lowest BCUT2D eigenvalue weighted by atomic mass is 9.78. The maximum atomic E-state index is 11.3. The van der Waals surface area contributed by atoms with E-state index in [-0.39, 0.29) is 17.4 Å². The molecule has 0 aliphatic carbocycles. The number of ether oxygens (including phenoxy) is 2. The molecule has 0 radical (unpaired) electrons. The van der Waals surface area contributed by atoms with Crippen LogP contribution in [0.1, 0.15) is 45.2 Å². The van der Waals surface area contributed by atoms with Crippen LogP contribution in [0.15, 0.2) is 48.5 Å². The highest BCUT2D eigenvalue weighted by atomic mass is 16.5. The van der Waals surface area contributed by atoms with Gasteiger partial charge in [0.25, 0.3) is 0 Å². The Morgan fingerprint density at radius 1 is 0.833 bits per heavy atom. The Labute approximate surface area is 142 Å². The summed E-state index contributed by atoms with van der Waals surface area (Å²) in [4.78, 5) is 22.3. The molecule has 0 spiro atoms. The third-order valence-corrected chi connectivity index (χ3v) is 3.93. The molecule has 0 saturated heterocycles. The summed E-state index contributed by atoms with van der Waals surface area (Å²) < 4.78 is 10.3. The van der Waals surface area contributed by atoms with E-state index in [0.29, 0.717) is 17.9 Å². The smallest absolute Gasteiger partial charge is 0.310 e. The van der Waals surface area contributed by atoms with Crippen LogP contribution in [0.2, 0.25) is 0 Å². The number of hydrogen-bond donors (Lipinski definition) is 0. The van der Waals surface area contributed by atoms with Crippen LogP contribution in [-0.2, 0) is 15.0 Å². The number of hydrogen-bond acceptors (Lipinski definition) is 4. The van der Waals surface area contributed by atoms with E-state index in [4.69, 9.17) is 9.47 Å². The van der Waals surface area contributed by atoms with Crippen molar-refractivity contribution >= 4 is 11.9 Å². The van der Waals surface area contributed by atoms with E-state index in [2.05, 4.69) is 13.8 Å². The fourth-order valence-corrected chi connectivity index (χ4v) is 2.42. The van der Waals surface area contributed by atoms with E-state index in [0.717, 1.165) is 11.1 Å². The number of rotatable bonds is 5. The van der Waals surface area contributed by atoms with Gasteiger partial charge >= 0.3 is 11.9 Å². The fourth-order valence-electron chi connectivity index (χ4n) is 2.42. The number of carbonyl (C=O) groups excluding carboxylic acids is 2. The van der Waals surface area contributed by atoms with Gasteiger partial charge in [-0.1, -0.05) is 45.0 Å². The molecule has 4 nitrogen and oxygen atoms in total. The predicted molar refractivity (Wildman–Crippen MR) is 92.2 cm³/mol. The summed E-state index contributed by atoms with van der Waals surface area (Å²) in [7, 11) is 0. The van der Waals surface area contributed by atoms with Crippen molar-refractivity contribution in [2.45, 2.75) is 39.5 Å². The van der Waals surface area contributed by atoms with Crippen LogP contribution >= 0.6 is 0 Å². The molecule has 2 rings (SSSR count). The summed E-state index contributed by atoms with van der Waals surface area (Å²) >= 11 is 0. The lowest BCUT2D eigenvalue weighted by Crippen LogP contribution is -2.18. The average molecular weight is 326 g/mol. The summed E-state index contributed by atoms with van der Waals surface area (Å²) in [6.07, 6.45) is 0.349. The van der Waals surface area contributed by atoms with Gasteiger partial charge in [-0.25, -0.2) is 0 Å². The van der Waals surface area contributed by atoms with E-state index >= 15 is 0 Å². The first kappa shape index (κ1) is 17.7. The molecule has 0 atom stereocenters. The first-order valence-corrected chi connectivity index (χ1v) is 7.93. The van der Waals surface area contributed by atoms with Crippen molar-refractivity contribution in [1.29, 1.82) is 0 Å². The van der Waals surface area contributed by atoms with Gasteiger partial charge < -0.3 is 9.47 Å². The zero-order valence-corrected chi connectivity index (χ0v) is 14.5. The second-order valence-electron chi connectivity index (χ2n) is 6.10. The van der Waals surface area contributed by atoms with Crippen molar-refractivity contribution in [2.24, 2.45) is 0 Å². The summed E-state index contributed by atoms with van der Waals surface area (Å²) in [5.74, 6) is 0.498. The van der Waals surface area contributed by atoms with E-state index in [9.17, 15) is 9.59 Å². The van der Waals surface area contributed by atoms with Gasteiger partial charge in [0.2, 0.25) is 0 Å². The van der Waals surface area contributed by atoms with Crippen molar-refractivity contribution < 1.29 is 19.1 Å². The molecule has 2 aromatic rings. The summed E-state index contributed by atoms with van der Waals surface area (Å²) in [6.45, 7) is 7.37. The first-order valence-electron chi connectivity index (χ1n) is 7.93. The third kappa shape index (κ3) is 4.22. The quantitative estimate of drug-likeness (QED) is 0.609. The standard InChI is InChI=1S/C20H22O4/c1-5-19(22)24-18-12-8-16(9-13-18)20(3,4)15-6-10-17(11-7-15)23-14(2)21/h6-13H,5H2,1-4H3. The Morgan fingerprint density at radius 2 is 1.25 bits per heavy atom. The fraction of sp³-hybridized carbons (Fsp3) is 0.300. The van der Waals surface area contributed by atoms with Gasteiger partial charge in [-0.3, -0.25) is 9.59 Å². The molecule has 0 heterocycles. The molecule has 0 saturated carbocycles. The van der Waals surface area contributed by atoms with Gasteiger partial charge in [-0.15, -0.1) is 0 Å². The Morgan fingerprint density at radius 3 is 1.62 bits per heavy atom. The van der Waals surface area contributed by atoms with E-state index in [1.165, 1.54) is 6.92 Å². The maximum Gasteiger partial charge on any atom is 0.310 e. The van der Waals surface area contributed by atoms with Crippen LogP contribution in [0.3, 0.4) is 0 Å². The van der Waals surface area contributed by atoms with Crippen LogP contribution in [-0.4, -0.2) is 11.9 Å². The molecule has 126 valence electrons. The van der Waals surface area contributed by atoms with Gasteiger partial charge in [0.05, 0.1) is 0 Å². The lowest BCUT2D eigenvalue weighted by Gasteiger charge is -2.26. The molecular formula is C20H22O4. The summed E-state index contributed by atoms with van der Waals surface area (Å²) in [5, 5.41) is 0. The molecule has 2 aromatic carbocycles. The number of carbonyl (C=O) groups is 2. The molecule has 0 amide bonds. The highest BCUT2D eigenvalue weighted by Gasteiger charge is 2.23. The van der Waals surface area contributed by atoms with Crippen LogP contribution < -0.4 is 9.47 Å². The van der Waals surface area contributed by atoms with Crippen molar-refractivity contribution in [2.75, 3.05) is 0 Å². The summed E-state index contributed by atoms with van der Waals surface area (Å²) in [6, 6.07) is 15.0. The summed E-state index contributed by atoms with van der Waals surface area (Å²) in [5.41, 5.74) is 1.96. The molecule has 0 aliphatic heterocycles. The monoisotopic (exact) mass is 326 g/mol. The van der Waals surface area contributed by atoms with Gasteiger partial charge in [-0.2, -0.15) is 0 Å². The zero-order chi connectivity index (χ0) is 17.7. The highest BCUT2D eigenvalue weighted by molar-refractivity contribution is 5.72. The zero-order valence-electron chi connectivity index (χ0n) is 14.5. The second-order valence-corrected chi connectivity index (χ2v) is 6.10. The normalized spacial score (nSPS) is 11.0. The van der Waals surface area contributed by atoms with Gasteiger partial charge in [0.1, 0.15) is 11.5 Å². The topological polar surface area (TPSA) is 52.6 Å². The van der Waals surface area contributed by atoms with Crippen LogP contribution in [0, 0.1) is 0 Å². The van der Waals surface area contributed by atoms with Crippen molar-refractivity contribution in [3.63, 3.8) is 0 Å². The lowest BCUT2D eigenvalue weighted by molar-refractivity contribution is -0.134. The molecule has 0 aromatic heterocycles. The Balaban J connectivity index is 2.19. The van der Waals surface area contributed by atoms with Crippen LogP contribution in [0.4, 0.5) is 0 Å². The van der Waals surface area contributed by atoms with Gasteiger partial charge in [-0.05, 0) is 35.4 Å². The van der Waals surface area contributed by atoms with Crippen molar-refractivity contribution in [3.05, 3.63) is 59.7 Å². The third-order valence-electron chi connectivity index (χ3n) is 3.93. The minimum absolute atomic E-state index is 0.234. The molecule has 0 fully saturated rings. The molecule has 0 unspecified atom stereocenters. The Kier molecular flexibility index (Phi) is 5.39. The Hall–Kier alpha value is -2.62. The molecule has 0 aliphatic rings. The van der Waals surface area contributed by atoms with E-state index in [1.807, 2.05) is 24.3 Å². The Bertz CT molecular complexity index is 712. The second kappa shape index (κ2) is 7.30. The molecule has 0 bridgehead atoms. The van der Waals surface area contributed by atoms with Gasteiger partial charge in [0.15, 0.2) is 0 Å². The van der Waals surface area contributed by atoms with E-state index < -0.39 is 0 Å². The van der Waals surface area contributed by atoms with Crippen molar-refractivity contribution in [1.82, 2.24) is 0 Å². The minimum atomic E-state index is -0.334. The van der Waals surface area contributed by atoms with Crippen LogP contribution in [0.25, 0.3) is 0 Å². The first-order chi connectivity index (χ1) is 11.3. The van der Waals surface area contributed by atoms with Crippen molar-refractivity contribution in [3.8, 4) is 11.5 Å². The largest absolute Gasteiger partial charge is 0.427 e. The molecule has 4 heteroatoms. The highest BCUT2D eigenvalue weighted by Crippen LogP contribution is 2.33. The number of benzene rings is 2.